The lowest BCUT2D eigenvalue weighted by molar-refractivity contribution is -0.140. The summed E-state index contributed by atoms with van der Waals surface area (Å²) in [7, 11) is 0. The second-order valence-corrected chi connectivity index (χ2v) is 7.52. The Morgan fingerprint density at radius 1 is 1.32 bits per heavy atom. The summed E-state index contributed by atoms with van der Waals surface area (Å²) < 4.78 is 5.64. The van der Waals surface area contributed by atoms with Gasteiger partial charge in [-0.05, 0) is 25.8 Å². The van der Waals surface area contributed by atoms with Crippen molar-refractivity contribution in [2.75, 3.05) is 19.7 Å². The number of amides is 4. The number of ether oxygens (including phenoxy) is 1. The molecule has 4 amide bonds. The van der Waals surface area contributed by atoms with Gasteiger partial charge in [-0.15, -0.1) is 0 Å². The minimum Gasteiger partial charge on any atom is -0.493 e. The van der Waals surface area contributed by atoms with Crippen molar-refractivity contribution in [3.05, 3.63) is 29.8 Å². The predicted octanol–water partition coefficient (Wildman–Crippen LogP) is 2.64. The fourth-order valence-electron chi connectivity index (χ4n) is 3.88. The van der Waals surface area contributed by atoms with Crippen molar-refractivity contribution in [3.63, 3.8) is 0 Å². The van der Waals surface area contributed by atoms with Gasteiger partial charge < -0.3 is 15.0 Å². The van der Waals surface area contributed by atoms with Crippen molar-refractivity contribution < 1.29 is 19.1 Å². The quantitative estimate of drug-likeness (QED) is 0.730. The third-order valence-corrected chi connectivity index (χ3v) is 5.75. The first-order valence-electron chi connectivity index (χ1n) is 10.1. The minimum atomic E-state index is -1.14. The van der Waals surface area contributed by atoms with E-state index in [0.717, 1.165) is 24.2 Å². The van der Waals surface area contributed by atoms with E-state index in [1.807, 2.05) is 26.0 Å². The zero-order valence-electron chi connectivity index (χ0n) is 16.9. The molecule has 1 aromatic carbocycles. The maximum atomic E-state index is 13.3. The third kappa shape index (κ3) is 3.45. The summed E-state index contributed by atoms with van der Waals surface area (Å²) in [5.41, 5.74) is -0.490. The molecule has 0 radical (unpaired) electrons. The molecule has 1 N–H and O–H groups in total. The number of nitrogens with one attached hydrogen (secondary N) is 1. The number of nitrogens with zero attached hydrogens (tertiary/aromatic N) is 2. The Bertz CT molecular complexity index is 766. The molecule has 0 bridgehead atoms. The van der Waals surface area contributed by atoms with Crippen LogP contribution in [0.25, 0.3) is 0 Å². The minimum absolute atomic E-state index is 0.0672. The molecular weight excluding hydrogens is 358 g/mol. The highest BCUT2D eigenvalue weighted by Crippen LogP contribution is 2.40. The first kappa shape index (κ1) is 20.2. The Hall–Kier alpha value is -2.57. The van der Waals surface area contributed by atoms with E-state index in [2.05, 4.69) is 12.2 Å². The Morgan fingerprint density at radius 3 is 2.79 bits per heavy atom. The Balaban J connectivity index is 1.82. The van der Waals surface area contributed by atoms with E-state index < -0.39 is 11.6 Å². The Kier molecular flexibility index (Phi) is 5.91. The first-order valence-corrected chi connectivity index (χ1v) is 10.1. The summed E-state index contributed by atoms with van der Waals surface area (Å²) in [5.74, 6) is 0.0321. The topological polar surface area (TPSA) is 79.0 Å². The molecule has 0 unspecified atom stereocenters. The van der Waals surface area contributed by atoms with Crippen LogP contribution in [0.2, 0.25) is 0 Å². The van der Waals surface area contributed by atoms with Crippen LogP contribution in [0.5, 0.6) is 5.75 Å². The van der Waals surface area contributed by atoms with Crippen molar-refractivity contribution in [1.82, 2.24) is 15.1 Å². The van der Waals surface area contributed by atoms with Crippen LogP contribution < -0.4 is 10.1 Å². The molecule has 1 saturated heterocycles. The van der Waals surface area contributed by atoms with Gasteiger partial charge in [0, 0.05) is 24.6 Å². The molecule has 7 nitrogen and oxygen atoms in total. The molecule has 152 valence electrons. The van der Waals surface area contributed by atoms with Crippen molar-refractivity contribution in [3.8, 4) is 5.75 Å². The molecule has 2 atom stereocenters. The summed E-state index contributed by atoms with van der Waals surface area (Å²) in [6.45, 7) is 6.83. The molecule has 2 aliphatic rings. The Morgan fingerprint density at radius 2 is 2.07 bits per heavy atom. The van der Waals surface area contributed by atoms with E-state index in [1.54, 1.807) is 17.0 Å². The van der Waals surface area contributed by atoms with Crippen molar-refractivity contribution in [2.24, 2.45) is 0 Å². The molecule has 2 aliphatic heterocycles. The van der Waals surface area contributed by atoms with Gasteiger partial charge in [0.05, 0.1) is 6.61 Å². The first-order chi connectivity index (χ1) is 13.4. The molecule has 1 spiro atoms. The molecule has 2 heterocycles. The van der Waals surface area contributed by atoms with Gasteiger partial charge >= 0.3 is 6.03 Å². The lowest BCUT2D eigenvalue weighted by Gasteiger charge is -2.33. The van der Waals surface area contributed by atoms with Crippen LogP contribution in [0.3, 0.4) is 0 Å². The lowest BCUT2D eigenvalue weighted by Crippen LogP contribution is -2.49. The van der Waals surface area contributed by atoms with Gasteiger partial charge in [-0.1, -0.05) is 38.5 Å². The zero-order chi connectivity index (χ0) is 20.3. The van der Waals surface area contributed by atoms with Crippen LogP contribution in [-0.4, -0.2) is 53.4 Å². The SMILES string of the molecule is CCCCN(C(=O)CN1C(=O)N[C@]2(CCOc3ccccc32)C1=O)[C@H](C)CC. The van der Waals surface area contributed by atoms with Gasteiger partial charge in [0.15, 0.2) is 5.54 Å². The summed E-state index contributed by atoms with van der Waals surface area (Å²) in [6.07, 6.45) is 3.04. The number of carbonyl (C=O) groups excluding carboxylic acids is 3. The molecule has 1 aromatic rings. The standard InChI is InChI=1S/C21H29N3O4/c1-4-6-12-23(15(3)5-2)18(25)14-24-19(26)21(22-20(24)27)11-13-28-17-10-8-7-9-16(17)21/h7-10,15H,4-6,11-14H2,1-3H3,(H,22,27)/t15-,21+/m1/s1. The van der Waals surface area contributed by atoms with Crippen molar-refractivity contribution in [2.45, 2.75) is 58.0 Å². The van der Waals surface area contributed by atoms with Crippen LogP contribution >= 0.6 is 0 Å². The van der Waals surface area contributed by atoms with Gasteiger partial charge in [-0.3, -0.25) is 14.5 Å². The van der Waals surface area contributed by atoms with Crippen LogP contribution in [0.1, 0.15) is 52.0 Å². The molecule has 7 heteroatoms. The fourth-order valence-corrected chi connectivity index (χ4v) is 3.88. The number of fused-ring (bicyclic) bond motifs is 2. The Labute approximate surface area is 166 Å². The monoisotopic (exact) mass is 387 g/mol. The second kappa shape index (κ2) is 8.20. The maximum absolute atomic E-state index is 13.3. The van der Waals surface area contributed by atoms with Crippen LogP contribution in [0, 0.1) is 0 Å². The fraction of sp³-hybridized carbons (Fsp3) is 0.571. The smallest absolute Gasteiger partial charge is 0.325 e. The molecule has 0 saturated carbocycles. The van der Waals surface area contributed by atoms with E-state index in [4.69, 9.17) is 4.74 Å². The molecule has 1 fully saturated rings. The van der Waals surface area contributed by atoms with Gasteiger partial charge in [-0.2, -0.15) is 0 Å². The number of unbranched alkanes of at least 4 members (excludes halogenated alkanes) is 1. The largest absolute Gasteiger partial charge is 0.493 e. The molecule has 0 aliphatic carbocycles. The second-order valence-electron chi connectivity index (χ2n) is 7.52. The maximum Gasteiger partial charge on any atom is 0.325 e. The molecular formula is C21H29N3O4. The summed E-state index contributed by atoms with van der Waals surface area (Å²) in [4.78, 5) is 41.7. The lowest BCUT2D eigenvalue weighted by atomic mass is 9.84. The number of benzene rings is 1. The normalized spacial score (nSPS) is 21.9. The zero-order valence-corrected chi connectivity index (χ0v) is 16.9. The van der Waals surface area contributed by atoms with Gasteiger partial charge in [0.2, 0.25) is 5.91 Å². The van der Waals surface area contributed by atoms with E-state index in [9.17, 15) is 14.4 Å². The summed E-state index contributed by atoms with van der Waals surface area (Å²) in [6, 6.07) is 6.78. The highest BCUT2D eigenvalue weighted by molar-refractivity contribution is 6.09. The van der Waals surface area contributed by atoms with E-state index in [1.165, 1.54) is 0 Å². The third-order valence-electron chi connectivity index (χ3n) is 5.75. The number of para-hydroxylation sites is 1. The number of hydrogen-bond acceptors (Lipinski definition) is 4. The van der Waals surface area contributed by atoms with Gasteiger partial charge in [-0.25, -0.2) is 4.79 Å². The van der Waals surface area contributed by atoms with Gasteiger partial charge in [0.25, 0.3) is 5.91 Å². The average Bonchev–Trinajstić information content (AvgIpc) is 2.93. The van der Waals surface area contributed by atoms with E-state index in [-0.39, 0.29) is 24.4 Å². The van der Waals surface area contributed by atoms with Crippen LogP contribution in [-0.2, 0) is 15.1 Å². The number of hydrogen-bond donors (Lipinski definition) is 1. The van der Waals surface area contributed by atoms with Crippen molar-refractivity contribution >= 4 is 17.8 Å². The highest BCUT2D eigenvalue weighted by atomic mass is 16.5. The number of imide groups is 1. The molecule has 3 rings (SSSR count). The van der Waals surface area contributed by atoms with Crippen LogP contribution in [0.4, 0.5) is 4.79 Å². The molecule has 0 aromatic heterocycles. The van der Waals surface area contributed by atoms with Gasteiger partial charge in [0.1, 0.15) is 12.3 Å². The van der Waals surface area contributed by atoms with E-state index >= 15 is 0 Å². The molecule has 28 heavy (non-hydrogen) atoms. The average molecular weight is 387 g/mol. The highest BCUT2D eigenvalue weighted by Gasteiger charge is 2.55. The predicted molar refractivity (Wildman–Crippen MR) is 105 cm³/mol. The summed E-state index contributed by atoms with van der Waals surface area (Å²) >= 11 is 0. The van der Waals surface area contributed by atoms with E-state index in [0.29, 0.717) is 30.9 Å². The summed E-state index contributed by atoms with van der Waals surface area (Å²) in [5, 5.41) is 2.84. The van der Waals surface area contributed by atoms with Crippen LogP contribution in [0.15, 0.2) is 24.3 Å². The van der Waals surface area contributed by atoms with Crippen molar-refractivity contribution in [1.29, 1.82) is 0 Å². The number of urea groups is 1. The number of rotatable bonds is 7. The number of carbonyl (C=O) groups is 3.